The van der Waals surface area contributed by atoms with Crippen LogP contribution < -0.4 is 5.32 Å². The van der Waals surface area contributed by atoms with Crippen LogP contribution in [0.5, 0.6) is 0 Å². The minimum absolute atomic E-state index is 0.549. The van der Waals surface area contributed by atoms with E-state index in [0.717, 1.165) is 26.1 Å². The Morgan fingerprint density at radius 2 is 2.11 bits per heavy atom. The van der Waals surface area contributed by atoms with Gasteiger partial charge in [0.05, 0.1) is 6.61 Å². The van der Waals surface area contributed by atoms with Gasteiger partial charge in [-0.25, -0.2) is 0 Å². The number of aryl methyl sites for hydroxylation is 1. The molecule has 18 heavy (non-hydrogen) atoms. The Balaban J connectivity index is 2.03. The van der Waals surface area contributed by atoms with Crippen LogP contribution in [0.2, 0.25) is 0 Å². The number of rotatable bonds is 4. The van der Waals surface area contributed by atoms with E-state index in [4.69, 9.17) is 4.74 Å². The van der Waals surface area contributed by atoms with E-state index in [1.807, 2.05) is 0 Å². The van der Waals surface area contributed by atoms with E-state index in [0.29, 0.717) is 18.0 Å². The maximum Gasteiger partial charge on any atom is 0.0512 e. The molecule has 0 saturated carbocycles. The van der Waals surface area contributed by atoms with Crippen LogP contribution in [-0.4, -0.2) is 25.3 Å². The molecule has 1 aromatic carbocycles. The van der Waals surface area contributed by atoms with E-state index in [1.54, 1.807) is 0 Å². The SMILES string of the molecule is Cc1ccccc1C[C@@H]1COCC[C@@H]1NC(C)C. The van der Waals surface area contributed by atoms with Crippen molar-refractivity contribution in [3.8, 4) is 0 Å². The molecule has 0 radical (unpaired) electrons. The lowest BCUT2D eigenvalue weighted by Crippen LogP contribution is -2.46. The summed E-state index contributed by atoms with van der Waals surface area (Å²) in [6, 6.07) is 9.84. The molecule has 2 rings (SSSR count). The first-order valence-corrected chi connectivity index (χ1v) is 7.05. The van der Waals surface area contributed by atoms with E-state index in [-0.39, 0.29) is 0 Å². The molecule has 2 heteroatoms. The molecule has 0 amide bonds. The predicted octanol–water partition coefficient (Wildman–Crippen LogP) is 2.94. The smallest absolute Gasteiger partial charge is 0.0512 e. The Morgan fingerprint density at radius 3 is 2.83 bits per heavy atom. The van der Waals surface area contributed by atoms with Crippen LogP contribution in [0.25, 0.3) is 0 Å². The van der Waals surface area contributed by atoms with Gasteiger partial charge in [0.25, 0.3) is 0 Å². The average Bonchev–Trinajstić information content (AvgIpc) is 2.34. The maximum atomic E-state index is 5.67. The fourth-order valence-corrected chi connectivity index (χ4v) is 2.77. The van der Waals surface area contributed by atoms with Gasteiger partial charge in [0, 0.05) is 24.6 Å². The Hall–Kier alpha value is -0.860. The molecule has 1 saturated heterocycles. The second-order valence-corrected chi connectivity index (χ2v) is 5.68. The molecule has 0 aromatic heterocycles. The van der Waals surface area contributed by atoms with Gasteiger partial charge in [0.1, 0.15) is 0 Å². The van der Waals surface area contributed by atoms with Crippen LogP contribution in [0.3, 0.4) is 0 Å². The highest BCUT2D eigenvalue weighted by Crippen LogP contribution is 2.21. The normalized spacial score (nSPS) is 24.4. The fourth-order valence-electron chi connectivity index (χ4n) is 2.77. The molecule has 0 aliphatic carbocycles. The van der Waals surface area contributed by atoms with Crippen LogP contribution in [0.1, 0.15) is 31.4 Å². The lowest BCUT2D eigenvalue weighted by Gasteiger charge is -2.34. The molecule has 0 unspecified atom stereocenters. The van der Waals surface area contributed by atoms with E-state index in [1.165, 1.54) is 11.1 Å². The van der Waals surface area contributed by atoms with Gasteiger partial charge >= 0.3 is 0 Å². The monoisotopic (exact) mass is 247 g/mol. The largest absolute Gasteiger partial charge is 0.381 e. The fraction of sp³-hybridized carbons (Fsp3) is 0.625. The third-order valence-corrected chi connectivity index (χ3v) is 3.76. The third kappa shape index (κ3) is 3.56. The number of ether oxygens (including phenoxy) is 1. The number of nitrogens with one attached hydrogen (secondary N) is 1. The lowest BCUT2D eigenvalue weighted by molar-refractivity contribution is 0.0300. The van der Waals surface area contributed by atoms with Crippen molar-refractivity contribution < 1.29 is 4.74 Å². The molecule has 1 aliphatic rings. The van der Waals surface area contributed by atoms with Crippen LogP contribution in [0.4, 0.5) is 0 Å². The van der Waals surface area contributed by atoms with E-state index in [2.05, 4.69) is 50.4 Å². The standard InChI is InChI=1S/C16H25NO/c1-12(2)17-16-8-9-18-11-15(16)10-14-7-5-4-6-13(14)3/h4-7,12,15-17H,8-11H2,1-3H3/t15-,16+/m1/s1. The zero-order valence-electron chi connectivity index (χ0n) is 11.8. The van der Waals surface area contributed by atoms with Crippen molar-refractivity contribution in [2.75, 3.05) is 13.2 Å². The van der Waals surface area contributed by atoms with Crippen LogP contribution >= 0.6 is 0 Å². The highest BCUT2D eigenvalue weighted by molar-refractivity contribution is 5.26. The molecule has 1 heterocycles. The van der Waals surface area contributed by atoms with Gasteiger partial charge in [0.2, 0.25) is 0 Å². The summed E-state index contributed by atoms with van der Waals surface area (Å²) in [6.07, 6.45) is 2.26. The minimum Gasteiger partial charge on any atom is -0.381 e. The average molecular weight is 247 g/mol. The van der Waals surface area contributed by atoms with Crippen molar-refractivity contribution >= 4 is 0 Å². The summed E-state index contributed by atoms with van der Waals surface area (Å²) in [5.41, 5.74) is 2.86. The lowest BCUT2D eigenvalue weighted by atomic mass is 9.87. The van der Waals surface area contributed by atoms with Crippen molar-refractivity contribution in [1.29, 1.82) is 0 Å². The minimum atomic E-state index is 0.549. The zero-order valence-corrected chi connectivity index (χ0v) is 11.8. The van der Waals surface area contributed by atoms with Gasteiger partial charge in [-0.05, 0) is 30.9 Å². The Kier molecular flexibility index (Phi) is 4.79. The van der Waals surface area contributed by atoms with Crippen molar-refractivity contribution in [3.05, 3.63) is 35.4 Å². The van der Waals surface area contributed by atoms with Crippen LogP contribution in [0.15, 0.2) is 24.3 Å². The van der Waals surface area contributed by atoms with Crippen molar-refractivity contribution in [2.24, 2.45) is 5.92 Å². The molecule has 0 spiro atoms. The Morgan fingerprint density at radius 1 is 1.33 bits per heavy atom. The predicted molar refractivity (Wildman–Crippen MR) is 75.9 cm³/mol. The molecule has 2 atom stereocenters. The number of hydrogen-bond donors (Lipinski definition) is 1. The van der Waals surface area contributed by atoms with Crippen LogP contribution in [-0.2, 0) is 11.2 Å². The molecule has 0 bridgehead atoms. The highest BCUT2D eigenvalue weighted by Gasteiger charge is 2.26. The second-order valence-electron chi connectivity index (χ2n) is 5.68. The number of hydrogen-bond acceptors (Lipinski definition) is 2. The topological polar surface area (TPSA) is 21.3 Å². The van der Waals surface area contributed by atoms with Crippen molar-refractivity contribution in [1.82, 2.24) is 5.32 Å². The van der Waals surface area contributed by atoms with Gasteiger partial charge in [-0.15, -0.1) is 0 Å². The summed E-state index contributed by atoms with van der Waals surface area (Å²) in [4.78, 5) is 0. The summed E-state index contributed by atoms with van der Waals surface area (Å²) in [5.74, 6) is 0.599. The molecule has 2 nitrogen and oxygen atoms in total. The van der Waals surface area contributed by atoms with Crippen molar-refractivity contribution in [2.45, 2.75) is 45.7 Å². The molecular formula is C16H25NO. The summed E-state index contributed by atoms with van der Waals surface area (Å²) in [6.45, 7) is 8.43. The van der Waals surface area contributed by atoms with Gasteiger partial charge in [-0.2, -0.15) is 0 Å². The summed E-state index contributed by atoms with van der Waals surface area (Å²) >= 11 is 0. The van der Waals surface area contributed by atoms with E-state index in [9.17, 15) is 0 Å². The first-order chi connectivity index (χ1) is 8.66. The molecule has 1 fully saturated rings. The Bertz CT molecular complexity index is 375. The van der Waals surface area contributed by atoms with Gasteiger partial charge < -0.3 is 10.1 Å². The molecule has 1 aromatic rings. The molecule has 100 valence electrons. The van der Waals surface area contributed by atoms with Gasteiger partial charge in [0.15, 0.2) is 0 Å². The van der Waals surface area contributed by atoms with Gasteiger partial charge in [-0.1, -0.05) is 38.1 Å². The maximum absolute atomic E-state index is 5.67. The first-order valence-electron chi connectivity index (χ1n) is 7.05. The summed E-state index contributed by atoms with van der Waals surface area (Å²) in [5, 5.41) is 3.69. The number of benzene rings is 1. The van der Waals surface area contributed by atoms with E-state index >= 15 is 0 Å². The van der Waals surface area contributed by atoms with Crippen molar-refractivity contribution in [3.63, 3.8) is 0 Å². The highest BCUT2D eigenvalue weighted by atomic mass is 16.5. The molecule has 1 aliphatic heterocycles. The van der Waals surface area contributed by atoms with Gasteiger partial charge in [-0.3, -0.25) is 0 Å². The molecular weight excluding hydrogens is 222 g/mol. The first kappa shape index (κ1) is 13.6. The summed E-state index contributed by atoms with van der Waals surface area (Å²) in [7, 11) is 0. The zero-order chi connectivity index (χ0) is 13.0. The summed E-state index contributed by atoms with van der Waals surface area (Å²) < 4.78 is 5.67. The second kappa shape index (κ2) is 6.35. The Labute approximate surface area is 111 Å². The molecule has 1 N–H and O–H groups in total. The quantitative estimate of drug-likeness (QED) is 0.883. The van der Waals surface area contributed by atoms with Crippen LogP contribution in [0, 0.1) is 12.8 Å². The third-order valence-electron chi connectivity index (χ3n) is 3.76. The van der Waals surface area contributed by atoms with E-state index < -0.39 is 0 Å².